The molecule has 0 heterocycles. The number of nitrogens with one attached hydrogen (secondary N) is 3. The van der Waals surface area contributed by atoms with Crippen molar-refractivity contribution in [3.05, 3.63) is 35.4 Å². The van der Waals surface area contributed by atoms with Crippen molar-refractivity contribution < 1.29 is 12.6 Å². The molecule has 0 aliphatic heterocycles. The van der Waals surface area contributed by atoms with Gasteiger partial charge in [0.05, 0.1) is 5.75 Å². The van der Waals surface area contributed by atoms with Gasteiger partial charge in [-0.15, -0.1) is 0 Å². The first-order valence-corrected chi connectivity index (χ1v) is 12.7. The summed E-state index contributed by atoms with van der Waals surface area (Å²) < 4.78 is 37.7. The Morgan fingerprint density at radius 3 is 2.50 bits per heavy atom. The maximum atomic E-state index is 12.1. The van der Waals surface area contributed by atoms with Gasteiger partial charge in [-0.3, -0.25) is 9.20 Å². The molecule has 1 saturated carbocycles. The van der Waals surface area contributed by atoms with Crippen LogP contribution in [0.25, 0.3) is 0 Å². The van der Waals surface area contributed by atoms with Crippen LogP contribution in [-0.2, 0) is 33.1 Å². The molecule has 0 aromatic heterocycles. The molecule has 0 amide bonds. The number of nitrogens with zero attached hydrogens (tertiary/aromatic N) is 1. The van der Waals surface area contributed by atoms with Gasteiger partial charge in [0.25, 0.3) is 0 Å². The molecule has 1 aliphatic carbocycles. The third kappa shape index (κ3) is 7.18. The van der Waals surface area contributed by atoms with Gasteiger partial charge in [0.15, 0.2) is 5.96 Å². The average Bonchev–Trinajstić information content (AvgIpc) is 2.71. The van der Waals surface area contributed by atoms with Crippen LogP contribution in [0.1, 0.15) is 43.7 Å². The van der Waals surface area contributed by atoms with Gasteiger partial charge >= 0.3 is 0 Å². The zero-order valence-corrected chi connectivity index (χ0v) is 18.5. The highest BCUT2D eigenvalue weighted by atomic mass is 32.2. The minimum Gasteiger partial charge on any atom is -0.354 e. The van der Waals surface area contributed by atoms with E-state index in [0.29, 0.717) is 6.54 Å². The van der Waals surface area contributed by atoms with E-state index in [9.17, 15) is 12.6 Å². The summed E-state index contributed by atoms with van der Waals surface area (Å²) in [5.41, 5.74) is 1.79. The molecule has 3 unspecified atom stereocenters. The Morgan fingerprint density at radius 1 is 1.21 bits per heavy atom. The molecule has 9 heteroatoms. The van der Waals surface area contributed by atoms with Crippen LogP contribution in [0.3, 0.4) is 0 Å². The molecule has 7 nitrogen and oxygen atoms in total. The Morgan fingerprint density at radius 2 is 1.89 bits per heavy atom. The number of rotatable bonds is 8. The Labute approximate surface area is 171 Å². The summed E-state index contributed by atoms with van der Waals surface area (Å²) in [4.78, 5) is 4.30. The van der Waals surface area contributed by atoms with Crippen molar-refractivity contribution in [2.45, 2.75) is 56.2 Å². The lowest BCUT2D eigenvalue weighted by Crippen LogP contribution is -2.46. The van der Waals surface area contributed by atoms with E-state index in [1.165, 1.54) is 7.05 Å². The fraction of sp³-hybridized carbons (Fsp3) is 0.632. The van der Waals surface area contributed by atoms with Crippen molar-refractivity contribution in [2.24, 2.45) is 4.99 Å². The second-order valence-electron chi connectivity index (χ2n) is 7.00. The maximum Gasteiger partial charge on any atom is 0.215 e. The topological polar surface area (TPSA) is 99.7 Å². The van der Waals surface area contributed by atoms with Crippen molar-refractivity contribution >= 4 is 26.8 Å². The van der Waals surface area contributed by atoms with Gasteiger partial charge in [0.2, 0.25) is 10.0 Å². The Kier molecular flexibility index (Phi) is 8.91. The number of hydrogen-bond acceptors (Lipinski definition) is 4. The minimum atomic E-state index is -3.26. The summed E-state index contributed by atoms with van der Waals surface area (Å²) >= 11 is 0. The fourth-order valence-electron chi connectivity index (χ4n) is 3.37. The van der Waals surface area contributed by atoms with Gasteiger partial charge < -0.3 is 10.6 Å². The predicted octanol–water partition coefficient (Wildman–Crippen LogP) is 1.48. The molecular formula is C19H32N4O3S2. The molecule has 0 bridgehead atoms. The lowest BCUT2D eigenvalue weighted by molar-refractivity contribution is 0.413. The van der Waals surface area contributed by atoms with Crippen molar-refractivity contribution in [3.63, 3.8) is 0 Å². The van der Waals surface area contributed by atoms with E-state index in [0.717, 1.165) is 48.5 Å². The van der Waals surface area contributed by atoms with E-state index in [1.807, 2.05) is 31.2 Å². The van der Waals surface area contributed by atoms with Crippen LogP contribution in [0.5, 0.6) is 0 Å². The third-order valence-electron chi connectivity index (χ3n) is 5.00. The normalized spacial score (nSPS) is 21.9. The Hall–Kier alpha value is -1.45. The van der Waals surface area contributed by atoms with Gasteiger partial charge in [-0.05, 0) is 37.4 Å². The monoisotopic (exact) mass is 428 g/mol. The summed E-state index contributed by atoms with van der Waals surface area (Å²) in [7, 11) is -0.844. The molecule has 1 fully saturated rings. The first-order chi connectivity index (χ1) is 13.4. The molecule has 0 spiro atoms. The lowest BCUT2D eigenvalue weighted by Gasteiger charge is -2.30. The Balaban J connectivity index is 1.86. The molecule has 158 valence electrons. The molecule has 3 atom stereocenters. The molecule has 2 rings (SSSR count). The largest absolute Gasteiger partial charge is 0.354 e. The second kappa shape index (κ2) is 10.9. The molecule has 3 N–H and O–H groups in total. The molecule has 1 aliphatic rings. The van der Waals surface area contributed by atoms with Crippen molar-refractivity contribution in [1.82, 2.24) is 15.4 Å². The number of guanidine groups is 1. The van der Waals surface area contributed by atoms with Gasteiger partial charge in [0.1, 0.15) is 0 Å². The maximum absolute atomic E-state index is 12.1. The van der Waals surface area contributed by atoms with Crippen molar-refractivity contribution in [2.75, 3.05) is 19.8 Å². The van der Waals surface area contributed by atoms with Crippen LogP contribution in [0.2, 0.25) is 0 Å². The molecule has 1 aromatic rings. The van der Waals surface area contributed by atoms with Gasteiger partial charge in [-0.1, -0.05) is 37.6 Å². The predicted molar refractivity (Wildman–Crippen MR) is 116 cm³/mol. The minimum absolute atomic E-state index is 0.0254. The van der Waals surface area contributed by atoms with E-state index < -0.39 is 20.8 Å². The van der Waals surface area contributed by atoms with Crippen LogP contribution >= 0.6 is 0 Å². The Bertz CT molecular complexity index is 779. The van der Waals surface area contributed by atoms with Crippen molar-refractivity contribution in [3.8, 4) is 0 Å². The number of aliphatic imine (C=N–C) groups is 1. The number of sulfonamides is 1. The number of benzene rings is 1. The summed E-state index contributed by atoms with van der Waals surface area (Å²) in [5.74, 6) is 1.42. The van der Waals surface area contributed by atoms with Crippen LogP contribution < -0.4 is 15.4 Å². The molecule has 0 radical (unpaired) electrons. The first-order valence-electron chi connectivity index (χ1n) is 9.70. The number of hydrogen-bond donors (Lipinski definition) is 3. The molecule has 28 heavy (non-hydrogen) atoms. The van der Waals surface area contributed by atoms with Crippen molar-refractivity contribution in [1.29, 1.82) is 0 Å². The van der Waals surface area contributed by atoms with E-state index in [4.69, 9.17) is 0 Å². The lowest BCUT2D eigenvalue weighted by atomic mass is 9.95. The van der Waals surface area contributed by atoms with E-state index in [-0.39, 0.29) is 17.0 Å². The van der Waals surface area contributed by atoms with Crippen LogP contribution in [-0.4, -0.2) is 49.7 Å². The summed E-state index contributed by atoms with van der Waals surface area (Å²) in [6.07, 6.45) is 4.10. The van der Waals surface area contributed by atoms with Crippen LogP contribution in [0.4, 0.5) is 0 Å². The molecule has 0 saturated heterocycles. The van der Waals surface area contributed by atoms with E-state index in [1.54, 1.807) is 7.05 Å². The summed E-state index contributed by atoms with van der Waals surface area (Å²) in [5, 5.41) is 7.03. The summed E-state index contributed by atoms with van der Waals surface area (Å²) in [6, 6.07) is 7.78. The average molecular weight is 429 g/mol. The second-order valence-corrected chi connectivity index (χ2v) is 10.9. The molecule has 1 aromatic carbocycles. The smallest absolute Gasteiger partial charge is 0.215 e. The van der Waals surface area contributed by atoms with Gasteiger partial charge in [-0.25, -0.2) is 13.1 Å². The zero-order chi connectivity index (χ0) is 20.6. The van der Waals surface area contributed by atoms with E-state index >= 15 is 0 Å². The highest BCUT2D eigenvalue weighted by Crippen LogP contribution is 2.23. The highest BCUT2D eigenvalue weighted by molar-refractivity contribution is 7.88. The standard InChI is InChI=1S/C19H32N4O3S2/c1-4-27(24)18-7-5-6-17(12-18)23-19(20-2)22-13-15-8-10-16(11-9-15)14-28(25,26)21-3/h8-11,17-18,21H,4-7,12-14H2,1-3H3,(H2,20,22,23). The SMILES string of the molecule is CCS(=O)C1CCCC(NC(=NC)NCc2ccc(CS(=O)(=O)NC)cc2)C1. The van der Waals surface area contributed by atoms with Crippen LogP contribution in [0.15, 0.2) is 29.3 Å². The van der Waals surface area contributed by atoms with Crippen LogP contribution in [0, 0.1) is 0 Å². The van der Waals surface area contributed by atoms with Gasteiger partial charge in [0, 0.05) is 41.4 Å². The third-order valence-corrected chi connectivity index (χ3v) is 8.07. The quantitative estimate of drug-likeness (QED) is 0.430. The highest BCUT2D eigenvalue weighted by Gasteiger charge is 2.26. The van der Waals surface area contributed by atoms with E-state index in [2.05, 4.69) is 20.3 Å². The zero-order valence-electron chi connectivity index (χ0n) is 16.9. The molecular weight excluding hydrogens is 396 g/mol. The summed E-state index contributed by atoms with van der Waals surface area (Å²) in [6.45, 7) is 2.57. The van der Waals surface area contributed by atoms with Gasteiger partial charge in [-0.2, -0.15) is 0 Å². The fourth-order valence-corrected chi connectivity index (χ4v) is 5.49. The first kappa shape index (κ1) is 22.8.